The molecule has 0 bridgehead atoms. The summed E-state index contributed by atoms with van der Waals surface area (Å²) in [5.74, 6) is 0.447. The number of piperazine rings is 1. The van der Waals surface area contributed by atoms with E-state index in [1.165, 1.54) is 19.3 Å². The summed E-state index contributed by atoms with van der Waals surface area (Å²) in [4.78, 5) is 2.52. The monoisotopic (exact) mass is 334 g/mol. The second kappa shape index (κ2) is 11.1. The Kier molecular flexibility index (Phi) is 10.9. The summed E-state index contributed by atoms with van der Waals surface area (Å²) in [7, 11) is 0. The summed E-state index contributed by atoms with van der Waals surface area (Å²) < 4.78 is 0. The van der Waals surface area contributed by atoms with Gasteiger partial charge in [0.2, 0.25) is 0 Å². The first kappa shape index (κ1) is 20.5. The number of hydrogen-bond donors (Lipinski definition) is 2. The lowest BCUT2D eigenvalue weighted by Gasteiger charge is -2.35. The zero-order valence-corrected chi connectivity index (χ0v) is 14.4. The van der Waals surface area contributed by atoms with Gasteiger partial charge in [-0.25, -0.2) is 0 Å². The van der Waals surface area contributed by atoms with Crippen molar-refractivity contribution < 1.29 is 5.11 Å². The van der Waals surface area contributed by atoms with Gasteiger partial charge in [-0.2, -0.15) is 0 Å². The lowest BCUT2D eigenvalue weighted by atomic mass is 9.97. The molecule has 1 fully saturated rings. The lowest BCUT2D eigenvalue weighted by Crippen LogP contribution is -2.45. The second-order valence-corrected chi connectivity index (χ2v) is 5.36. The Morgan fingerprint density at radius 1 is 1.14 bits per heavy atom. The molecule has 1 aromatic rings. The molecule has 1 aromatic carbocycles. The topological polar surface area (TPSA) is 35.5 Å². The highest BCUT2D eigenvalue weighted by atomic mass is 35.5. The summed E-state index contributed by atoms with van der Waals surface area (Å²) in [5, 5.41) is 13.5. The Bertz CT molecular complexity index is 384. The summed E-state index contributed by atoms with van der Waals surface area (Å²) in [6.07, 6.45) is 4.90. The van der Waals surface area contributed by atoms with Crippen molar-refractivity contribution in [2.75, 3.05) is 26.2 Å². The fourth-order valence-electron chi connectivity index (χ4n) is 2.89. The first-order chi connectivity index (χ1) is 9.33. The van der Waals surface area contributed by atoms with Gasteiger partial charge in [-0.05, 0) is 12.5 Å². The molecule has 1 heterocycles. The van der Waals surface area contributed by atoms with Crippen molar-refractivity contribution in [3.05, 3.63) is 29.8 Å². The molecule has 0 aliphatic carbocycles. The molecule has 0 spiro atoms. The minimum atomic E-state index is 0. The van der Waals surface area contributed by atoms with E-state index in [4.69, 9.17) is 0 Å². The molecule has 0 radical (unpaired) electrons. The maximum atomic E-state index is 10.1. The standard InChI is InChI=1S/C16H26N2O.2ClH/c1-2-3-4-8-15(18-12-10-17-11-13-18)14-7-5-6-9-16(14)19;;/h5-7,9,15,17,19H,2-4,8,10-13H2,1H3;2*1H/t15-;;/m0../s1. The Hall–Kier alpha value is -0.480. The largest absolute Gasteiger partial charge is 0.508 e. The smallest absolute Gasteiger partial charge is 0.120 e. The molecule has 1 aliphatic rings. The van der Waals surface area contributed by atoms with Crippen LogP contribution in [-0.4, -0.2) is 36.2 Å². The van der Waals surface area contributed by atoms with Crippen molar-refractivity contribution in [1.29, 1.82) is 0 Å². The highest BCUT2D eigenvalue weighted by Gasteiger charge is 2.23. The second-order valence-electron chi connectivity index (χ2n) is 5.36. The van der Waals surface area contributed by atoms with Gasteiger partial charge in [0.25, 0.3) is 0 Å². The zero-order chi connectivity index (χ0) is 13.5. The number of benzene rings is 1. The average molecular weight is 335 g/mol. The number of halogens is 2. The van der Waals surface area contributed by atoms with E-state index in [1.54, 1.807) is 0 Å². The predicted molar refractivity (Wildman–Crippen MR) is 93.9 cm³/mol. The quantitative estimate of drug-likeness (QED) is 0.777. The SMILES string of the molecule is CCCCC[C@@H](c1ccccc1O)N1CCNCC1.Cl.Cl. The third-order valence-corrected chi connectivity index (χ3v) is 3.97. The van der Waals surface area contributed by atoms with Gasteiger partial charge in [0.05, 0.1) is 0 Å². The van der Waals surface area contributed by atoms with Crippen LogP contribution in [0, 0.1) is 0 Å². The fraction of sp³-hybridized carbons (Fsp3) is 0.625. The van der Waals surface area contributed by atoms with E-state index in [0.717, 1.165) is 38.2 Å². The average Bonchev–Trinajstić information content (AvgIpc) is 2.46. The Balaban J connectivity index is 0.00000200. The van der Waals surface area contributed by atoms with Crippen LogP contribution in [0.25, 0.3) is 0 Å². The van der Waals surface area contributed by atoms with Crippen molar-refractivity contribution in [2.24, 2.45) is 0 Å². The molecule has 5 heteroatoms. The summed E-state index contributed by atoms with van der Waals surface area (Å²) >= 11 is 0. The maximum absolute atomic E-state index is 10.1. The van der Waals surface area contributed by atoms with E-state index in [-0.39, 0.29) is 24.8 Å². The van der Waals surface area contributed by atoms with Crippen LogP contribution in [0.1, 0.15) is 44.2 Å². The number of hydrogen-bond acceptors (Lipinski definition) is 3. The number of para-hydroxylation sites is 1. The summed E-state index contributed by atoms with van der Waals surface area (Å²) in [6.45, 7) is 6.49. The van der Waals surface area contributed by atoms with Crippen LogP contribution in [0.2, 0.25) is 0 Å². The highest BCUT2D eigenvalue weighted by Crippen LogP contribution is 2.32. The van der Waals surface area contributed by atoms with Crippen molar-refractivity contribution >= 4 is 24.8 Å². The fourth-order valence-corrected chi connectivity index (χ4v) is 2.89. The van der Waals surface area contributed by atoms with Gasteiger partial charge in [0.15, 0.2) is 0 Å². The maximum Gasteiger partial charge on any atom is 0.120 e. The predicted octanol–water partition coefficient (Wildman–Crippen LogP) is 3.76. The van der Waals surface area contributed by atoms with E-state index in [2.05, 4.69) is 23.2 Å². The molecule has 0 saturated carbocycles. The van der Waals surface area contributed by atoms with Crippen molar-refractivity contribution in [3.8, 4) is 5.75 Å². The number of phenols is 1. The zero-order valence-electron chi connectivity index (χ0n) is 12.8. The van der Waals surface area contributed by atoms with Gasteiger partial charge in [-0.1, -0.05) is 44.4 Å². The molecule has 0 amide bonds. The van der Waals surface area contributed by atoms with Crippen LogP contribution in [0.5, 0.6) is 5.75 Å². The molecule has 1 saturated heterocycles. The Morgan fingerprint density at radius 3 is 2.43 bits per heavy atom. The van der Waals surface area contributed by atoms with Crippen molar-refractivity contribution in [3.63, 3.8) is 0 Å². The van der Waals surface area contributed by atoms with Gasteiger partial charge >= 0.3 is 0 Å². The number of nitrogens with one attached hydrogen (secondary N) is 1. The van der Waals surface area contributed by atoms with Crippen LogP contribution in [-0.2, 0) is 0 Å². The van der Waals surface area contributed by atoms with Gasteiger partial charge < -0.3 is 10.4 Å². The first-order valence-electron chi connectivity index (χ1n) is 7.55. The van der Waals surface area contributed by atoms with Crippen molar-refractivity contribution in [1.82, 2.24) is 10.2 Å². The molecule has 21 heavy (non-hydrogen) atoms. The molecule has 1 aliphatic heterocycles. The third kappa shape index (κ3) is 6.03. The molecule has 2 N–H and O–H groups in total. The molecular formula is C16H28Cl2N2O. The van der Waals surface area contributed by atoms with Gasteiger partial charge in [-0.3, -0.25) is 4.90 Å². The van der Waals surface area contributed by atoms with Crippen LogP contribution < -0.4 is 5.32 Å². The summed E-state index contributed by atoms with van der Waals surface area (Å²) in [5.41, 5.74) is 1.10. The summed E-state index contributed by atoms with van der Waals surface area (Å²) in [6, 6.07) is 8.19. The third-order valence-electron chi connectivity index (χ3n) is 3.97. The number of rotatable bonds is 6. The Morgan fingerprint density at radius 2 is 1.81 bits per heavy atom. The van der Waals surface area contributed by atoms with E-state index in [9.17, 15) is 5.11 Å². The number of nitrogens with zero attached hydrogens (tertiary/aromatic N) is 1. The molecule has 1 atom stereocenters. The van der Waals surface area contributed by atoms with Gasteiger partial charge in [0.1, 0.15) is 5.75 Å². The number of phenolic OH excluding ortho intramolecular Hbond substituents is 1. The minimum Gasteiger partial charge on any atom is -0.508 e. The van der Waals surface area contributed by atoms with Crippen LogP contribution >= 0.6 is 24.8 Å². The number of aromatic hydroxyl groups is 1. The highest BCUT2D eigenvalue weighted by molar-refractivity contribution is 5.85. The van der Waals surface area contributed by atoms with Gasteiger partial charge in [0, 0.05) is 37.8 Å². The van der Waals surface area contributed by atoms with Crippen LogP contribution in [0.4, 0.5) is 0 Å². The molecular weight excluding hydrogens is 307 g/mol. The molecule has 122 valence electrons. The van der Waals surface area contributed by atoms with E-state index >= 15 is 0 Å². The van der Waals surface area contributed by atoms with Crippen LogP contribution in [0.3, 0.4) is 0 Å². The number of unbranched alkanes of at least 4 members (excludes halogenated alkanes) is 2. The van der Waals surface area contributed by atoms with E-state index in [0.29, 0.717) is 11.8 Å². The molecule has 3 nitrogen and oxygen atoms in total. The molecule has 0 unspecified atom stereocenters. The van der Waals surface area contributed by atoms with Crippen LogP contribution in [0.15, 0.2) is 24.3 Å². The lowest BCUT2D eigenvalue weighted by molar-refractivity contribution is 0.160. The molecule has 0 aromatic heterocycles. The van der Waals surface area contributed by atoms with E-state index < -0.39 is 0 Å². The Labute approximate surface area is 140 Å². The normalized spacial score (nSPS) is 16.6. The van der Waals surface area contributed by atoms with Gasteiger partial charge in [-0.15, -0.1) is 24.8 Å². The minimum absolute atomic E-state index is 0. The molecule has 2 rings (SSSR count). The van der Waals surface area contributed by atoms with Crippen molar-refractivity contribution in [2.45, 2.75) is 38.6 Å². The van der Waals surface area contributed by atoms with E-state index in [1.807, 2.05) is 18.2 Å². The first-order valence-corrected chi connectivity index (χ1v) is 7.55.